The van der Waals surface area contributed by atoms with Crippen molar-refractivity contribution < 1.29 is 13.2 Å². The predicted octanol–water partition coefficient (Wildman–Crippen LogP) is 2.84. The minimum absolute atomic E-state index is 0.440. The van der Waals surface area contributed by atoms with E-state index in [0.717, 1.165) is 55.2 Å². The van der Waals surface area contributed by atoms with Gasteiger partial charge in [-0.2, -0.15) is 13.2 Å². The standard InChI is InChI=1S/C18H23F3N6/c1-22-17(23-11-16-25-24-15-5-3-4-10-27(15)16)26(2)12-13-6-8-14(9-7-13)18(19,20)21/h6-9H,3-5,10-12H2,1-2H3,(H,22,23). The predicted molar refractivity (Wildman–Crippen MR) is 96.1 cm³/mol. The normalized spacial score (nSPS) is 14.8. The molecule has 0 saturated heterocycles. The fourth-order valence-electron chi connectivity index (χ4n) is 3.19. The van der Waals surface area contributed by atoms with Gasteiger partial charge in [-0.1, -0.05) is 12.1 Å². The number of guanidine groups is 1. The van der Waals surface area contributed by atoms with Crippen LogP contribution in [0, 0.1) is 0 Å². The molecule has 6 nitrogen and oxygen atoms in total. The van der Waals surface area contributed by atoms with Crippen LogP contribution in [-0.4, -0.2) is 39.7 Å². The zero-order chi connectivity index (χ0) is 19.4. The highest BCUT2D eigenvalue weighted by molar-refractivity contribution is 5.79. The lowest BCUT2D eigenvalue weighted by atomic mass is 10.1. The molecule has 0 aliphatic carbocycles. The summed E-state index contributed by atoms with van der Waals surface area (Å²) >= 11 is 0. The molecule has 0 fully saturated rings. The first-order valence-electron chi connectivity index (χ1n) is 8.87. The van der Waals surface area contributed by atoms with Crippen LogP contribution in [0.5, 0.6) is 0 Å². The number of nitrogens with one attached hydrogen (secondary N) is 1. The Morgan fingerprint density at radius 2 is 1.96 bits per heavy atom. The second kappa shape index (κ2) is 7.98. The lowest BCUT2D eigenvalue weighted by molar-refractivity contribution is -0.137. The van der Waals surface area contributed by atoms with E-state index in [2.05, 4.69) is 25.1 Å². The molecule has 2 heterocycles. The summed E-state index contributed by atoms with van der Waals surface area (Å²) in [6, 6.07) is 5.17. The van der Waals surface area contributed by atoms with Crippen LogP contribution in [-0.2, 0) is 32.2 Å². The van der Waals surface area contributed by atoms with Gasteiger partial charge in [0, 0.05) is 33.6 Å². The Balaban J connectivity index is 1.59. The van der Waals surface area contributed by atoms with Crippen molar-refractivity contribution in [2.24, 2.45) is 4.99 Å². The van der Waals surface area contributed by atoms with E-state index in [4.69, 9.17) is 0 Å². The third-order valence-electron chi connectivity index (χ3n) is 4.62. The van der Waals surface area contributed by atoms with Gasteiger partial charge in [0.1, 0.15) is 5.82 Å². The zero-order valence-electron chi connectivity index (χ0n) is 15.4. The minimum Gasteiger partial charge on any atom is -0.349 e. The monoisotopic (exact) mass is 380 g/mol. The van der Waals surface area contributed by atoms with Gasteiger partial charge in [0.25, 0.3) is 0 Å². The minimum atomic E-state index is -4.32. The highest BCUT2D eigenvalue weighted by atomic mass is 19.4. The molecule has 0 atom stereocenters. The number of alkyl halides is 3. The summed E-state index contributed by atoms with van der Waals surface area (Å²) in [7, 11) is 3.51. The van der Waals surface area contributed by atoms with Crippen molar-refractivity contribution in [2.45, 2.75) is 45.1 Å². The van der Waals surface area contributed by atoms with E-state index in [1.165, 1.54) is 12.1 Å². The number of fused-ring (bicyclic) bond motifs is 1. The number of aryl methyl sites for hydroxylation is 1. The molecule has 0 unspecified atom stereocenters. The SMILES string of the molecule is CN=C(NCc1nnc2n1CCCC2)N(C)Cc1ccc(C(F)(F)F)cc1. The van der Waals surface area contributed by atoms with E-state index in [1.807, 2.05) is 11.9 Å². The first kappa shape index (κ1) is 19.2. The van der Waals surface area contributed by atoms with Crippen molar-refractivity contribution in [1.29, 1.82) is 0 Å². The van der Waals surface area contributed by atoms with Gasteiger partial charge in [0.15, 0.2) is 11.8 Å². The second-order valence-electron chi connectivity index (χ2n) is 6.59. The van der Waals surface area contributed by atoms with E-state index < -0.39 is 11.7 Å². The van der Waals surface area contributed by atoms with Gasteiger partial charge in [-0.25, -0.2) is 0 Å². The molecule has 0 saturated carbocycles. The van der Waals surface area contributed by atoms with Gasteiger partial charge < -0.3 is 14.8 Å². The molecule has 1 aliphatic heterocycles. The number of hydrogen-bond donors (Lipinski definition) is 1. The molecule has 1 aliphatic rings. The van der Waals surface area contributed by atoms with Crippen molar-refractivity contribution in [3.63, 3.8) is 0 Å². The number of halogens is 3. The molecular formula is C18H23F3N6. The van der Waals surface area contributed by atoms with Gasteiger partial charge in [0.2, 0.25) is 0 Å². The number of nitrogens with zero attached hydrogens (tertiary/aromatic N) is 5. The summed E-state index contributed by atoms with van der Waals surface area (Å²) in [6.45, 7) is 1.87. The Morgan fingerprint density at radius 1 is 1.22 bits per heavy atom. The van der Waals surface area contributed by atoms with Crippen LogP contribution in [0.15, 0.2) is 29.3 Å². The number of aliphatic imine (C=N–C) groups is 1. The molecule has 9 heteroatoms. The molecule has 27 heavy (non-hydrogen) atoms. The van der Waals surface area contributed by atoms with Gasteiger partial charge in [-0.05, 0) is 30.5 Å². The third kappa shape index (κ3) is 4.58. The second-order valence-corrected chi connectivity index (χ2v) is 6.59. The number of aromatic nitrogens is 3. The molecule has 1 aromatic heterocycles. The average molecular weight is 380 g/mol. The number of hydrogen-bond acceptors (Lipinski definition) is 3. The fourth-order valence-corrected chi connectivity index (χ4v) is 3.19. The molecule has 1 aromatic carbocycles. The Kier molecular flexibility index (Phi) is 5.67. The third-order valence-corrected chi connectivity index (χ3v) is 4.62. The lowest BCUT2D eigenvalue weighted by Gasteiger charge is -2.22. The van der Waals surface area contributed by atoms with E-state index in [9.17, 15) is 13.2 Å². The summed E-state index contributed by atoms with van der Waals surface area (Å²) in [5.41, 5.74) is 0.126. The Bertz CT molecular complexity index is 794. The fraction of sp³-hybridized carbons (Fsp3) is 0.500. The maximum absolute atomic E-state index is 12.7. The molecule has 1 N–H and O–H groups in total. The molecule has 0 bridgehead atoms. The summed E-state index contributed by atoms with van der Waals surface area (Å²) < 4.78 is 40.1. The summed E-state index contributed by atoms with van der Waals surface area (Å²) in [5.74, 6) is 2.53. The first-order chi connectivity index (χ1) is 12.9. The van der Waals surface area contributed by atoms with Crippen LogP contribution in [0.25, 0.3) is 0 Å². The van der Waals surface area contributed by atoms with E-state index >= 15 is 0 Å². The van der Waals surface area contributed by atoms with Crippen molar-refractivity contribution in [1.82, 2.24) is 25.0 Å². The Hall–Kier alpha value is -2.58. The molecule has 3 rings (SSSR count). The summed E-state index contributed by atoms with van der Waals surface area (Å²) in [4.78, 5) is 6.10. The number of rotatable bonds is 4. The molecule has 0 radical (unpaired) electrons. The number of benzene rings is 1. The average Bonchev–Trinajstić information content (AvgIpc) is 3.05. The van der Waals surface area contributed by atoms with Crippen molar-refractivity contribution >= 4 is 5.96 Å². The van der Waals surface area contributed by atoms with E-state index in [1.54, 1.807) is 7.05 Å². The van der Waals surface area contributed by atoms with Crippen molar-refractivity contribution in [3.05, 3.63) is 47.0 Å². The van der Waals surface area contributed by atoms with E-state index in [0.29, 0.717) is 19.0 Å². The maximum Gasteiger partial charge on any atom is 0.416 e. The first-order valence-corrected chi connectivity index (χ1v) is 8.87. The maximum atomic E-state index is 12.7. The Morgan fingerprint density at radius 3 is 2.63 bits per heavy atom. The van der Waals surface area contributed by atoms with Crippen molar-refractivity contribution in [2.75, 3.05) is 14.1 Å². The largest absolute Gasteiger partial charge is 0.416 e. The van der Waals surface area contributed by atoms with Crippen LogP contribution in [0.2, 0.25) is 0 Å². The summed E-state index contributed by atoms with van der Waals surface area (Å²) in [6.07, 6.45) is -1.10. The van der Waals surface area contributed by atoms with E-state index in [-0.39, 0.29) is 0 Å². The zero-order valence-corrected chi connectivity index (χ0v) is 15.4. The van der Waals surface area contributed by atoms with Crippen molar-refractivity contribution in [3.8, 4) is 0 Å². The molecule has 146 valence electrons. The summed E-state index contributed by atoms with van der Waals surface area (Å²) in [5, 5.41) is 11.7. The molecular weight excluding hydrogens is 357 g/mol. The molecule has 2 aromatic rings. The van der Waals surface area contributed by atoms with Crippen LogP contribution in [0.3, 0.4) is 0 Å². The van der Waals surface area contributed by atoms with Crippen LogP contribution >= 0.6 is 0 Å². The quantitative estimate of drug-likeness (QED) is 0.655. The Labute approximate surface area is 156 Å². The lowest BCUT2D eigenvalue weighted by Crippen LogP contribution is -2.38. The van der Waals surface area contributed by atoms with Crippen LogP contribution in [0.4, 0.5) is 13.2 Å². The van der Waals surface area contributed by atoms with Gasteiger partial charge >= 0.3 is 6.18 Å². The smallest absolute Gasteiger partial charge is 0.349 e. The highest BCUT2D eigenvalue weighted by Crippen LogP contribution is 2.29. The van der Waals surface area contributed by atoms with Crippen LogP contribution < -0.4 is 5.32 Å². The molecule has 0 amide bonds. The van der Waals surface area contributed by atoms with Gasteiger partial charge in [-0.3, -0.25) is 4.99 Å². The van der Waals surface area contributed by atoms with Gasteiger partial charge in [0.05, 0.1) is 12.1 Å². The highest BCUT2D eigenvalue weighted by Gasteiger charge is 2.30. The molecule has 0 spiro atoms. The topological polar surface area (TPSA) is 58.3 Å². The van der Waals surface area contributed by atoms with Gasteiger partial charge in [-0.15, -0.1) is 10.2 Å². The van der Waals surface area contributed by atoms with Crippen LogP contribution in [0.1, 0.15) is 35.6 Å².